The third-order valence-corrected chi connectivity index (χ3v) is 4.47. The highest BCUT2D eigenvalue weighted by atomic mass is 16.5. The summed E-state index contributed by atoms with van der Waals surface area (Å²) in [6, 6.07) is 7.18. The molecule has 1 saturated carbocycles. The van der Waals surface area contributed by atoms with Gasteiger partial charge in [0.15, 0.2) is 11.5 Å². The molecule has 2 aromatic rings. The molecule has 7 heteroatoms. The maximum absolute atomic E-state index is 12.5. The summed E-state index contributed by atoms with van der Waals surface area (Å²) in [5.41, 5.74) is 0.918. The first kappa shape index (κ1) is 18.0. The van der Waals surface area contributed by atoms with E-state index < -0.39 is 0 Å². The number of hydrogen-bond donors (Lipinski definition) is 2. The average molecular weight is 356 g/mol. The molecule has 26 heavy (non-hydrogen) atoms. The zero-order valence-corrected chi connectivity index (χ0v) is 15.1. The second kappa shape index (κ2) is 8.51. The van der Waals surface area contributed by atoms with Crippen molar-refractivity contribution in [1.29, 1.82) is 0 Å². The lowest BCUT2D eigenvalue weighted by atomic mass is 9.96. The number of amides is 1. The van der Waals surface area contributed by atoms with E-state index in [1.54, 1.807) is 44.7 Å². The molecule has 0 bridgehead atoms. The molecule has 1 aliphatic rings. The predicted molar refractivity (Wildman–Crippen MR) is 100 cm³/mol. The second-order valence-corrected chi connectivity index (χ2v) is 6.27. The highest BCUT2D eigenvalue weighted by Gasteiger charge is 2.16. The first-order valence-electron chi connectivity index (χ1n) is 8.82. The molecule has 1 aromatic carbocycles. The Hall–Kier alpha value is -2.83. The minimum Gasteiger partial charge on any atom is -0.493 e. The van der Waals surface area contributed by atoms with E-state index in [1.807, 2.05) is 0 Å². The fourth-order valence-electron chi connectivity index (χ4n) is 3.09. The van der Waals surface area contributed by atoms with Crippen LogP contribution < -0.4 is 20.1 Å². The lowest BCUT2D eigenvalue weighted by molar-refractivity contribution is 0.102. The van der Waals surface area contributed by atoms with E-state index in [-0.39, 0.29) is 5.91 Å². The zero-order valence-electron chi connectivity index (χ0n) is 15.1. The smallest absolute Gasteiger partial charge is 0.274 e. The first-order valence-corrected chi connectivity index (χ1v) is 8.82. The van der Waals surface area contributed by atoms with Crippen molar-refractivity contribution >= 4 is 17.5 Å². The third kappa shape index (κ3) is 4.41. The van der Waals surface area contributed by atoms with Gasteiger partial charge in [-0.1, -0.05) is 19.3 Å². The van der Waals surface area contributed by atoms with Crippen molar-refractivity contribution in [3.05, 3.63) is 36.2 Å². The maximum Gasteiger partial charge on any atom is 0.274 e. The van der Waals surface area contributed by atoms with Gasteiger partial charge in [-0.25, -0.2) is 9.97 Å². The Bertz CT molecular complexity index is 760. The fraction of sp³-hybridized carbons (Fsp3) is 0.421. The van der Waals surface area contributed by atoms with E-state index in [2.05, 4.69) is 20.6 Å². The van der Waals surface area contributed by atoms with Gasteiger partial charge in [-0.15, -0.1) is 0 Å². The standard InChI is InChI=1S/C19H24N4O3/c1-25-16-9-8-14(12-17(16)26-2)21-18(24)15-10-11-20-19(23-15)22-13-6-4-3-5-7-13/h8-13H,3-7H2,1-2H3,(H,21,24)(H,20,22,23). The van der Waals surface area contributed by atoms with Crippen molar-refractivity contribution in [3.8, 4) is 11.5 Å². The van der Waals surface area contributed by atoms with Gasteiger partial charge in [-0.05, 0) is 31.0 Å². The van der Waals surface area contributed by atoms with Crippen molar-refractivity contribution in [1.82, 2.24) is 9.97 Å². The number of anilines is 2. The van der Waals surface area contributed by atoms with Gasteiger partial charge in [0.25, 0.3) is 5.91 Å². The molecule has 1 fully saturated rings. The number of ether oxygens (including phenoxy) is 2. The average Bonchev–Trinajstić information content (AvgIpc) is 2.69. The molecular formula is C19H24N4O3. The molecule has 0 atom stereocenters. The molecule has 3 rings (SSSR count). The van der Waals surface area contributed by atoms with Crippen molar-refractivity contribution in [3.63, 3.8) is 0 Å². The lowest BCUT2D eigenvalue weighted by Gasteiger charge is -2.22. The molecule has 1 aliphatic carbocycles. The number of rotatable bonds is 6. The van der Waals surface area contributed by atoms with E-state index in [4.69, 9.17) is 9.47 Å². The number of benzene rings is 1. The number of carbonyl (C=O) groups is 1. The van der Waals surface area contributed by atoms with E-state index >= 15 is 0 Å². The summed E-state index contributed by atoms with van der Waals surface area (Å²) >= 11 is 0. The molecular weight excluding hydrogens is 332 g/mol. The third-order valence-electron chi connectivity index (χ3n) is 4.47. The molecule has 7 nitrogen and oxygen atoms in total. The van der Waals surface area contributed by atoms with Crippen LogP contribution in [-0.4, -0.2) is 36.1 Å². The largest absolute Gasteiger partial charge is 0.493 e. The number of nitrogens with one attached hydrogen (secondary N) is 2. The molecule has 1 heterocycles. The Kier molecular flexibility index (Phi) is 5.88. The van der Waals surface area contributed by atoms with E-state index in [9.17, 15) is 4.79 Å². The Morgan fingerprint density at radius 1 is 1.08 bits per heavy atom. The molecule has 0 saturated heterocycles. The molecule has 0 unspecified atom stereocenters. The van der Waals surface area contributed by atoms with Crippen molar-refractivity contribution in [2.45, 2.75) is 38.1 Å². The van der Waals surface area contributed by atoms with Crippen molar-refractivity contribution < 1.29 is 14.3 Å². The summed E-state index contributed by atoms with van der Waals surface area (Å²) in [6.07, 6.45) is 7.56. The first-order chi connectivity index (χ1) is 12.7. The van der Waals surface area contributed by atoms with Crippen LogP contribution >= 0.6 is 0 Å². The molecule has 2 N–H and O–H groups in total. The van der Waals surface area contributed by atoms with Crippen molar-refractivity contribution in [2.75, 3.05) is 24.9 Å². The number of hydrogen-bond acceptors (Lipinski definition) is 6. The van der Waals surface area contributed by atoms with Gasteiger partial charge in [-0.3, -0.25) is 4.79 Å². The summed E-state index contributed by atoms with van der Waals surface area (Å²) in [5, 5.41) is 6.16. The topological polar surface area (TPSA) is 85.4 Å². The number of carbonyl (C=O) groups excluding carboxylic acids is 1. The quantitative estimate of drug-likeness (QED) is 0.824. The molecule has 0 spiro atoms. The maximum atomic E-state index is 12.5. The van der Waals surface area contributed by atoms with E-state index in [0.717, 1.165) is 12.8 Å². The molecule has 0 radical (unpaired) electrons. The van der Waals surface area contributed by atoms with Gasteiger partial charge in [-0.2, -0.15) is 0 Å². The van der Waals surface area contributed by atoms with Gasteiger partial charge < -0.3 is 20.1 Å². The van der Waals surface area contributed by atoms with E-state index in [0.29, 0.717) is 34.9 Å². The van der Waals surface area contributed by atoms with Gasteiger partial charge in [0.1, 0.15) is 5.69 Å². The van der Waals surface area contributed by atoms with Crippen molar-refractivity contribution in [2.24, 2.45) is 0 Å². The van der Waals surface area contributed by atoms with Crippen LogP contribution in [0.5, 0.6) is 11.5 Å². The Morgan fingerprint density at radius 3 is 2.58 bits per heavy atom. The van der Waals surface area contributed by atoms with Gasteiger partial charge in [0.2, 0.25) is 5.95 Å². The van der Waals surface area contributed by atoms with Crippen LogP contribution in [0.25, 0.3) is 0 Å². The van der Waals surface area contributed by atoms with Gasteiger partial charge in [0, 0.05) is 24.0 Å². The number of nitrogens with zero attached hydrogens (tertiary/aromatic N) is 2. The molecule has 1 aromatic heterocycles. The van der Waals surface area contributed by atoms with Gasteiger partial charge in [0.05, 0.1) is 14.2 Å². The summed E-state index contributed by atoms with van der Waals surface area (Å²) in [4.78, 5) is 21.1. The fourth-order valence-corrected chi connectivity index (χ4v) is 3.09. The lowest BCUT2D eigenvalue weighted by Crippen LogP contribution is -2.24. The number of methoxy groups -OCH3 is 2. The van der Waals surface area contributed by atoms with Crippen LogP contribution in [0.2, 0.25) is 0 Å². The van der Waals surface area contributed by atoms with Gasteiger partial charge >= 0.3 is 0 Å². The molecule has 1 amide bonds. The highest BCUT2D eigenvalue weighted by molar-refractivity contribution is 6.03. The summed E-state index contributed by atoms with van der Waals surface area (Å²) in [5.74, 6) is 1.35. The second-order valence-electron chi connectivity index (χ2n) is 6.27. The minimum absolute atomic E-state index is 0.300. The molecule has 138 valence electrons. The highest BCUT2D eigenvalue weighted by Crippen LogP contribution is 2.29. The van der Waals surface area contributed by atoms with Crippen LogP contribution in [0.1, 0.15) is 42.6 Å². The zero-order chi connectivity index (χ0) is 18.4. The predicted octanol–water partition coefficient (Wildman–Crippen LogP) is 3.49. The van der Waals surface area contributed by atoms with E-state index in [1.165, 1.54) is 19.3 Å². The number of aromatic nitrogens is 2. The van der Waals surface area contributed by atoms with Crippen LogP contribution in [-0.2, 0) is 0 Å². The Labute approximate surface area is 153 Å². The van der Waals surface area contributed by atoms with Crippen LogP contribution in [0.3, 0.4) is 0 Å². The Balaban J connectivity index is 1.68. The summed E-state index contributed by atoms with van der Waals surface area (Å²) < 4.78 is 10.5. The molecule has 0 aliphatic heterocycles. The summed E-state index contributed by atoms with van der Waals surface area (Å²) in [6.45, 7) is 0. The normalized spacial score (nSPS) is 14.5. The summed E-state index contributed by atoms with van der Waals surface area (Å²) in [7, 11) is 3.12. The monoisotopic (exact) mass is 356 g/mol. The Morgan fingerprint density at radius 2 is 1.85 bits per heavy atom. The SMILES string of the molecule is COc1ccc(NC(=O)c2ccnc(NC3CCCCC3)n2)cc1OC. The minimum atomic E-state index is -0.300. The van der Waals surface area contributed by atoms with Crippen LogP contribution in [0, 0.1) is 0 Å². The van der Waals surface area contributed by atoms with Crippen LogP contribution in [0.15, 0.2) is 30.5 Å². The van der Waals surface area contributed by atoms with Crippen LogP contribution in [0.4, 0.5) is 11.6 Å².